The van der Waals surface area contributed by atoms with Gasteiger partial charge in [-0.05, 0) is 25.0 Å². The van der Waals surface area contributed by atoms with Crippen LogP contribution >= 0.6 is 0 Å². The Bertz CT molecular complexity index is 901. The number of fused-ring (bicyclic) bond motifs is 1. The molecule has 0 saturated carbocycles. The summed E-state index contributed by atoms with van der Waals surface area (Å²) in [5.74, 6) is 0.459. The predicted octanol–water partition coefficient (Wildman–Crippen LogP) is 1.48. The van der Waals surface area contributed by atoms with Crippen molar-refractivity contribution in [3.8, 4) is 5.75 Å². The number of ketones is 1. The molecular formula is C23H29N3O5. The third-order valence-corrected chi connectivity index (χ3v) is 6.60. The Labute approximate surface area is 182 Å². The number of ether oxygens (including phenoxy) is 1. The zero-order valence-electron chi connectivity index (χ0n) is 18.0. The molecule has 8 nitrogen and oxygen atoms in total. The monoisotopic (exact) mass is 427 g/mol. The molecule has 1 spiro atoms. The minimum Gasteiger partial charge on any atom is -0.486 e. The Morgan fingerprint density at radius 1 is 1.00 bits per heavy atom. The normalized spacial score (nSPS) is 24.4. The minimum atomic E-state index is -0.691. The molecule has 1 aromatic rings. The average Bonchev–Trinajstić information content (AvgIpc) is 3.08. The molecule has 0 bridgehead atoms. The first-order valence-electron chi connectivity index (χ1n) is 11.0. The number of Topliss-reactive ketones (excluding diaryl/α,β-unsaturated/α-hetero) is 1. The van der Waals surface area contributed by atoms with Gasteiger partial charge in [0, 0.05) is 52.5 Å². The predicted molar refractivity (Wildman–Crippen MR) is 113 cm³/mol. The van der Waals surface area contributed by atoms with Crippen molar-refractivity contribution >= 4 is 23.5 Å². The Morgan fingerprint density at radius 3 is 2.55 bits per heavy atom. The lowest BCUT2D eigenvalue weighted by molar-refractivity contribution is -0.140. The van der Waals surface area contributed by atoms with Crippen LogP contribution in [0, 0.1) is 0 Å². The maximum Gasteiger partial charge on any atom is 0.242 e. The van der Waals surface area contributed by atoms with Crippen LogP contribution in [0.15, 0.2) is 24.3 Å². The lowest BCUT2D eigenvalue weighted by Crippen LogP contribution is -2.45. The van der Waals surface area contributed by atoms with Crippen molar-refractivity contribution in [2.75, 3.05) is 39.3 Å². The third-order valence-electron chi connectivity index (χ3n) is 6.60. The van der Waals surface area contributed by atoms with Crippen LogP contribution in [0.25, 0.3) is 0 Å². The van der Waals surface area contributed by atoms with E-state index in [-0.39, 0.29) is 42.9 Å². The van der Waals surface area contributed by atoms with Gasteiger partial charge in [-0.2, -0.15) is 0 Å². The van der Waals surface area contributed by atoms with E-state index >= 15 is 0 Å². The van der Waals surface area contributed by atoms with Gasteiger partial charge in [0.15, 0.2) is 5.78 Å². The van der Waals surface area contributed by atoms with Gasteiger partial charge in [0.05, 0.1) is 18.5 Å². The molecule has 0 N–H and O–H groups in total. The van der Waals surface area contributed by atoms with Crippen LogP contribution in [-0.4, -0.2) is 83.1 Å². The largest absolute Gasteiger partial charge is 0.486 e. The van der Waals surface area contributed by atoms with Gasteiger partial charge >= 0.3 is 0 Å². The van der Waals surface area contributed by atoms with Crippen molar-refractivity contribution < 1.29 is 23.9 Å². The van der Waals surface area contributed by atoms with E-state index in [2.05, 4.69) is 0 Å². The zero-order chi connectivity index (χ0) is 22.0. The number of carbonyl (C=O) groups excluding carboxylic acids is 4. The summed E-state index contributed by atoms with van der Waals surface area (Å²) >= 11 is 0. The van der Waals surface area contributed by atoms with E-state index in [1.807, 2.05) is 12.1 Å². The molecule has 3 aliphatic heterocycles. The lowest BCUT2D eigenvalue weighted by Gasteiger charge is -2.37. The number of benzene rings is 1. The quantitative estimate of drug-likeness (QED) is 0.714. The fourth-order valence-corrected chi connectivity index (χ4v) is 4.72. The molecular weight excluding hydrogens is 398 g/mol. The van der Waals surface area contributed by atoms with E-state index in [0.29, 0.717) is 56.9 Å². The number of hydrogen-bond donors (Lipinski definition) is 0. The van der Waals surface area contributed by atoms with Crippen molar-refractivity contribution in [1.82, 2.24) is 14.7 Å². The highest BCUT2D eigenvalue weighted by Crippen LogP contribution is 2.39. The first-order valence-corrected chi connectivity index (χ1v) is 11.0. The molecule has 2 fully saturated rings. The molecule has 1 atom stereocenters. The molecule has 3 heterocycles. The first kappa shape index (κ1) is 21.3. The molecule has 3 aliphatic rings. The molecule has 31 heavy (non-hydrogen) atoms. The topological polar surface area (TPSA) is 87.2 Å². The maximum absolute atomic E-state index is 12.9. The molecule has 0 aromatic heterocycles. The summed E-state index contributed by atoms with van der Waals surface area (Å²) in [4.78, 5) is 55.0. The van der Waals surface area contributed by atoms with Gasteiger partial charge in [0.2, 0.25) is 17.7 Å². The average molecular weight is 428 g/mol. The van der Waals surface area contributed by atoms with Gasteiger partial charge in [-0.15, -0.1) is 0 Å². The highest BCUT2D eigenvalue weighted by molar-refractivity contribution is 6.00. The molecule has 2 saturated heterocycles. The zero-order valence-corrected chi connectivity index (χ0v) is 18.0. The van der Waals surface area contributed by atoms with E-state index in [1.165, 1.54) is 0 Å². The van der Waals surface area contributed by atoms with Crippen LogP contribution in [0.1, 0.15) is 49.4 Å². The van der Waals surface area contributed by atoms with Crippen molar-refractivity contribution in [1.29, 1.82) is 0 Å². The summed E-state index contributed by atoms with van der Waals surface area (Å²) in [5.41, 5.74) is -0.0970. The Balaban J connectivity index is 1.39. The van der Waals surface area contributed by atoms with E-state index in [9.17, 15) is 19.2 Å². The summed E-state index contributed by atoms with van der Waals surface area (Å²) in [5, 5.41) is 0. The summed E-state index contributed by atoms with van der Waals surface area (Å²) in [6, 6.07) is 7.23. The summed E-state index contributed by atoms with van der Waals surface area (Å²) in [7, 11) is 0. The summed E-state index contributed by atoms with van der Waals surface area (Å²) in [6.45, 7) is 4.19. The van der Waals surface area contributed by atoms with Crippen LogP contribution < -0.4 is 4.74 Å². The van der Waals surface area contributed by atoms with Crippen LogP contribution in [-0.2, 0) is 14.4 Å². The van der Waals surface area contributed by atoms with Gasteiger partial charge in [-0.25, -0.2) is 0 Å². The Kier molecular flexibility index (Phi) is 5.98. The van der Waals surface area contributed by atoms with Crippen LogP contribution in [0.2, 0.25) is 0 Å². The second-order valence-corrected chi connectivity index (χ2v) is 8.69. The fourth-order valence-electron chi connectivity index (χ4n) is 4.72. The number of carbonyl (C=O) groups is 4. The van der Waals surface area contributed by atoms with Crippen molar-refractivity contribution in [3.05, 3.63) is 29.8 Å². The number of para-hydroxylation sites is 1. The molecule has 0 radical (unpaired) electrons. The Morgan fingerprint density at radius 2 is 1.74 bits per heavy atom. The van der Waals surface area contributed by atoms with E-state index in [4.69, 9.17) is 4.74 Å². The molecule has 4 rings (SSSR count). The highest BCUT2D eigenvalue weighted by Gasteiger charge is 2.43. The first-order chi connectivity index (χ1) is 14.9. The van der Waals surface area contributed by atoms with Crippen molar-refractivity contribution in [2.24, 2.45) is 0 Å². The number of nitrogens with zero attached hydrogens (tertiary/aromatic N) is 3. The molecule has 0 aliphatic carbocycles. The van der Waals surface area contributed by atoms with Crippen LogP contribution in [0.5, 0.6) is 5.75 Å². The molecule has 3 amide bonds. The second kappa shape index (κ2) is 8.69. The van der Waals surface area contributed by atoms with Gasteiger partial charge in [-0.3, -0.25) is 19.2 Å². The Hall–Kier alpha value is -2.90. The van der Waals surface area contributed by atoms with Gasteiger partial charge in [-0.1, -0.05) is 12.1 Å². The fraction of sp³-hybridized carbons (Fsp3) is 0.565. The highest BCUT2D eigenvalue weighted by atomic mass is 16.5. The standard InChI is InChI=1S/C23H29N3O5/c1-17(27)24-10-4-11-25(14-13-24)22(30)16-26-12-9-23(8-7-21(26)29)15-19(28)18-5-2-3-6-20(18)31-23/h2-3,5-6H,4,7-16H2,1H3/t23-/m1/s1. The third kappa shape index (κ3) is 4.57. The van der Waals surface area contributed by atoms with Crippen molar-refractivity contribution in [3.63, 3.8) is 0 Å². The van der Waals surface area contributed by atoms with E-state index in [1.54, 1.807) is 33.8 Å². The summed E-state index contributed by atoms with van der Waals surface area (Å²) in [6.07, 6.45) is 2.22. The number of amides is 3. The van der Waals surface area contributed by atoms with Crippen molar-refractivity contribution in [2.45, 2.75) is 44.6 Å². The van der Waals surface area contributed by atoms with E-state index in [0.717, 1.165) is 6.42 Å². The smallest absolute Gasteiger partial charge is 0.242 e. The SMILES string of the molecule is CC(=O)N1CCCN(C(=O)CN2CC[C@]3(CCC2=O)CC(=O)c2ccccc2O3)CC1. The van der Waals surface area contributed by atoms with Crippen LogP contribution in [0.4, 0.5) is 0 Å². The molecule has 8 heteroatoms. The van der Waals surface area contributed by atoms with Gasteiger partial charge < -0.3 is 19.4 Å². The maximum atomic E-state index is 12.9. The number of likely N-dealkylation sites (tertiary alicyclic amines) is 1. The molecule has 166 valence electrons. The molecule has 0 unspecified atom stereocenters. The lowest BCUT2D eigenvalue weighted by atomic mass is 9.84. The number of hydrogen-bond acceptors (Lipinski definition) is 5. The van der Waals surface area contributed by atoms with E-state index < -0.39 is 5.60 Å². The number of rotatable bonds is 2. The molecule has 1 aromatic carbocycles. The van der Waals surface area contributed by atoms with Crippen LogP contribution in [0.3, 0.4) is 0 Å². The minimum absolute atomic E-state index is 0.0193. The van der Waals surface area contributed by atoms with Gasteiger partial charge in [0.25, 0.3) is 0 Å². The van der Waals surface area contributed by atoms with Gasteiger partial charge in [0.1, 0.15) is 11.4 Å². The summed E-state index contributed by atoms with van der Waals surface area (Å²) < 4.78 is 6.25. The second-order valence-electron chi connectivity index (χ2n) is 8.69.